The van der Waals surface area contributed by atoms with Crippen LogP contribution in [-0.4, -0.2) is 16.7 Å². The van der Waals surface area contributed by atoms with Crippen molar-refractivity contribution >= 4 is 5.69 Å². The van der Waals surface area contributed by atoms with Gasteiger partial charge in [-0.1, -0.05) is 54.6 Å². The molecule has 0 fully saturated rings. The topological polar surface area (TPSA) is 42.2 Å². The van der Waals surface area contributed by atoms with E-state index in [1.165, 1.54) is 11.6 Å². The molecular weight excluding hydrogens is 353 g/mol. The molecule has 0 saturated carbocycles. The Morgan fingerprint density at radius 3 is 2.46 bits per heavy atom. The Morgan fingerprint density at radius 2 is 1.61 bits per heavy atom. The third-order valence-electron chi connectivity index (χ3n) is 5.13. The number of fused-ring (bicyclic) bond motifs is 1. The lowest BCUT2D eigenvalue weighted by Gasteiger charge is -2.28. The van der Waals surface area contributed by atoms with Crippen molar-refractivity contribution in [2.45, 2.75) is 12.5 Å². The van der Waals surface area contributed by atoms with Crippen LogP contribution in [0.1, 0.15) is 23.1 Å². The Kier molecular flexibility index (Phi) is 4.13. The molecule has 0 radical (unpaired) electrons. The van der Waals surface area contributed by atoms with Gasteiger partial charge in [0.15, 0.2) is 0 Å². The largest absolute Gasteiger partial charge is 0.418 e. The predicted molar refractivity (Wildman–Crippen MR) is 105 cm³/mol. The molecule has 0 bridgehead atoms. The molecule has 1 atom stereocenters. The standard InChI is InChI=1S/C23H18FN3O/c24-19-12-6-5-11-18(19)21(27-15-14-16-8-4-7-13-20(16)27)23-26-25-22(28-23)17-9-2-1-3-10-17/h1-13,21H,14-15H2/t21-/m0/s1. The predicted octanol–water partition coefficient (Wildman–Crippen LogP) is 5.03. The third kappa shape index (κ3) is 2.85. The Balaban J connectivity index is 1.62. The smallest absolute Gasteiger partial charge is 0.247 e. The average molecular weight is 371 g/mol. The highest BCUT2D eigenvalue weighted by Crippen LogP contribution is 2.39. The molecule has 2 heterocycles. The van der Waals surface area contributed by atoms with E-state index < -0.39 is 6.04 Å². The number of benzene rings is 3. The normalized spacial score (nSPS) is 14.1. The first-order valence-corrected chi connectivity index (χ1v) is 9.29. The second-order valence-electron chi connectivity index (χ2n) is 6.81. The molecule has 1 aliphatic rings. The van der Waals surface area contributed by atoms with Crippen LogP contribution >= 0.6 is 0 Å². The molecule has 0 spiro atoms. The molecule has 1 aromatic heterocycles. The number of nitrogens with zero attached hydrogens (tertiary/aromatic N) is 3. The van der Waals surface area contributed by atoms with Crippen LogP contribution in [0.4, 0.5) is 10.1 Å². The maximum atomic E-state index is 14.8. The molecule has 1 aliphatic heterocycles. The van der Waals surface area contributed by atoms with Crippen molar-refractivity contribution in [2.24, 2.45) is 0 Å². The van der Waals surface area contributed by atoms with E-state index in [0.29, 0.717) is 17.3 Å². The highest BCUT2D eigenvalue weighted by Gasteiger charge is 2.33. The van der Waals surface area contributed by atoms with Gasteiger partial charge in [0.1, 0.15) is 11.9 Å². The van der Waals surface area contributed by atoms with Crippen molar-refractivity contribution < 1.29 is 8.81 Å². The van der Waals surface area contributed by atoms with Gasteiger partial charge in [0, 0.05) is 23.4 Å². The monoisotopic (exact) mass is 371 g/mol. The van der Waals surface area contributed by atoms with Gasteiger partial charge >= 0.3 is 0 Å². The lowest BCUT2D eigenvalue weighted by atomic mass is 10.0. The summed E-state index contributed by atoms with van der Waals surface area (Å²) in [6, 6.07) is 24.1. The van der Waals surface area contributed by atoms with Crippen molar-refractivity contribution in [1.82, 2.24) is 10.2 Å². The molecule has 138 valence electrons. The van der Waals surface area contributed by atoms with Crippen LogP contribution in [0.2, 0.25) is 0 Å². The fourth-order valence-electron chi connectivity index (χ4n) is 3.81. The van der Waals surface area contributed by atoms with E-state index >= 15 is 0 Å². The lowest BCUT2D eigenvalue weighted by molar-refractivity contribution is 0.461. The van der Waals surface area contributed by atoms with E-state index in [9.17, 15) is 4.39 Å². The first-order valence-electron chi connectivity index (χ1n) is 9.29. The molecule has 0 unspecified atom stereocenters. The maximum absolute atomic E-state index is 14.8. The molecule has 4 aromatic rings. The molecule has 0 N–H and O–H groups in total. The summed E-state index contributed by atoms with van der Waals surface area (Å²) in [6.07, 6.45) is 0.904. The number of aromatic nitrogens is 2. The minimum Gasteiger partial charge on any atom is -0.418 e. The van der Waals surface area contributed by atoms with Crippen LogP contribution in [0.5, 0.6) is 0 Å². The summed E-state index contributed by atoms with van der Waals surface area (Å²) in [6.45, 7) is 0.765. The fraction of sp³-hybridized carbons (Fsp3) is 0.130. The molecule has 0 aliphatic carbocycles. The van der Waals surface area contributed by atoms with Gasteiger partial charge in [0.2, 0.25) is 11.8 Å². The van der Waals surface area contributed by atoms with Gasteiger partial charge < -0.3 is 9.32 Å². The summed E-state index contributed by atoms with van der Waals surface area (Å²) in [5.41, 5.74) is 3.69. The SMILES string of the molecule is Fc1ccccc1[C@@H](c1nnc(-c2ccccc2)o1)N1CCc2ccccc21. The zero-order valence-electron chi connectivity index (χ0n) is 15.1. The number of anilines is 1. The lowest BCUT2D eigenvalue weighted by Crippen LogP contribution is -2.28. The molecule has 0 amide bonds. The second-order valence-corrected chi connectivity index (χ2v) is 6.81. The van der Waals surface area contributed by atoms with E-state index in [2.05, 4.69) is 27.2 Å². The summed E-state index contributed by atoms with van der Waals surface area (Å²) >= 11 is 0. The van der Waals surface area contributed by atoms with Gasteiger partial charge in [-0.15, -0.1) is 10.2 Å². The number of halogens is 1. The highest BCUT2D eigenvalue weighted by atomic mass is 19.1. The van der Waals surface area contributed by atoms with Gasteiger partial charge in [-0.05, 0) is 36.2 Å². The van der Waals surface area contributed by atoms with Gasteiger partial charge in [0.25, 0.3) is 0 Å². The van der Waals surface area contributed by atoms with Gasteiger partial charge in [0.05, 0.1) is 0 Å². The van der Waals surface area contributed by atoms with Gasteiger partial charge in [-0.2, -0.15) is 0 Å². The molecule has 5 rings (SSSR count). The van der Waals surface area contributed by atoms with Crippen molar-refractivity contribution in [3.05, 3.63) is 102 Å². The molecule has 3 aromatic carbocycles. The summed E-state index contributed by atoms with van der Waals surface area (Å²) in [7, 11) is 0. The van der Waals surface area contributed by atoms with Crippen LogP contribution in [0.3, 0.4) is 0 Å². The summed E-state index contributed by atoms with van der Waals surface area (Å²) in [5, 5.41) is 8.53. The molecular formula is C23H18FN3O. The summed E-state index contributed by atoms with van der Waals surface area (Å²) in [5.74, 6) is 0.543. The summed E-state index contributed by atoms with van der Waals surface area (Å²) in [4.78, 5) is 2.15. The van der Waals surface area contributed by atoms with Crippen molar-refractivity contribution in [3.63, 3.8) is 0 Å². The Labute approximate surface area is 162 Å². The Bertz CT molecular complexity index is 1110. The first-order chi connectivity index (χ1) is 13.8. The van der Waals surface area contributed by atoms with Crippen molar-refractivity contribution in [3.8, 4) is 11.5 Å². The first kappa shape index (κ1) is 16.7. The zero-order valence-corrected chi connectivity index (χ0v) is 15.1. The van der Waals surface area contributed by atoms with Crippen molar-refractivity contribution in [1.29, 1.82) is 0 Å². The van der Waals surface area contributed by atoms with Crippen LogP contribution < -0.4 is 4.90 Å². The van der Waals surface area contributed by atoms with Gasteiger partial charge in [-0.25, -0.2) is 4.39 Å². The number of hydrogen-bond acceptors (Lipinski definition) is 4. The van der Waals surface area contributed by atoms with E-state index in [4.69, 9.17) is 4.42 Å². The third-order valence-corrected chi connectivity index (χ3v) is 5.13. The van der Waals surface area contributed by atoms with E-state index in [0.717, 1.165) is 24.2 Å². The Morgan fingerprint density at radius 1 is 0.857 bits per heavy atom. The number of rotatable bonds is 4. The average Bonchev–Trinajstić information content (AvgIpc) is 3.39. The molecule has 28 heavy (non-hydrogen) atoms. The molecule has 5 heteroatoms. The van der Waals surface area contributed by atoms with Crippen LogP contribution in [-0.2, 0) is 6.42 Å². The van der Waals surface area contributed by atoms with Crippen LogP contribution in [0.25, 0.3) is 11.5 Å². The maximum Gasteiger partial charge on any atom is 0.247 e. The zero-order chi connectivity index (χ0) is 18.9. The van der Waals surface area contributed by atoms with Gasteiger partial charge in [-0.3, -0.25) is 0 Å². The molecule has 0 saturated heterocycles. The van der Waals surface area contributed by atoms with Crippen molar-refractivity contribution in [2.75, 3.05) is 11.4 Å². The quantitative estimate of drug-likeness (QED) is 0.505. The second kappa shape index (κ2) is 6.93. The van der Waals surface area contributed by atoms with E-state index in [1.807, 2.05) is 48.5 Å². The molecule has 4 nitrogen and oxygen atoms in total. The van der Waals surface area contributed by atoms with Crippen LogP contribution in [0.15, 0.2) is 83.3 Å². The number of hydrogen-bond donors (Lipinski definition) is 0. The van der Waals surface area contributed by atoms with Crippen LogP contribution in [0, 0.1) is 5.82 Å². The van der Waals surface area contributed by atoms with E-state index in [-0.39, 0.29) is 5.82 Å². The fourth-order valence-corrected chi connectivity index (χ4v) is 3.81. The number of para-hydroxylation sites is 1. The minimum absolute atomic E-state index is 0.281. The summed E-state index contributed by atoms with van der Waals surface area (Å²) < 4.78 is 20.8. The highest BCUT2D eigenvalue weighted by molar-refractivity contribution is 5.61. The minimum atomic E-state index is -0.477. The van der Waals surface area contributed by atoms with E-state index in [1.54, 1.807) is 12.1 Å². The Hall–Kier alpha value is -3.47.